The largest absolute Gasteiger partial charge is 0.463 e. The van der Waals surface area contributed by atoms with Gasteiger partial charge in [-0.25, -0.2) is 4.79 Å². The minimum Gasteiger partial charge on any atom is -0.463 e. The van der Waals surface area contributed by atoms with E-state index in [1.165, 1.54) is 18.2 Å². The second-order valence-corrected chi connectivity index (χ2v) is 4.77. The van der Waals surface area contributed by atoms with E-state index < -0.39 is 16.8 Å². The van der Waals surface area contributed by atoms with E-state index in [4.69, 9.17) is 23.8 Å². The van der Waals surface area contributed by atoms with E-state index >= 15 is 0 Å². The first-order valence-electron chi connectivity index (χ1n) is 6.24. The molecule has 0 aromatic heterocycles. The van der Waals surface area contributed by atoms with E-state index in [1.54, 1.807) is 6.92 Å². The maximum atomic E-state index is 11.5. The Labute approximate surface area is 141 Å². The van der Waals surface area contributed by atoms with Gasteiger partial charge in [-0.2, -0.15) is 0 Å². The van der Waals surface area contributed by atoms with Gasteiger partial charge in [0, 0.05) is 23.9 Å². The molecule has 0 heterocycles. The predicted octanol–water partition coefficient (Wildman–Crippen LogP) is 2.18. The second kappa shape index (κ2) is 8.81. The highest BCUT2D eigenvalue weighted by Gasteiger charge is 2.13. The average molecular weight is 358 g/mol. The van der Waals surface area contributed by atoms with Gasteiger partial charge in [-0.1, -0.05) is 11.6 Å². The van der Waals surface area contributed by atoms with Crippen LogP contribution < -0.4 is 10.6 Å². The molecule has 0 fully saturated rings. The number of ether oxygens (including phenoxy) is 1. The van der Waals surface area contributed by atoms with Gasteiger partial charge in [0.15, 0.2) is 5.11 Å². The maximum absolute atomic E-state index is 11.5. The summed E-state index contributed by atoms with van der Waals surface area (Å²) in [6.45, 7) is 1.83. The molecule has 122 valence electrons. The molecule has 10 heteroatoms. The Bertz CT molecular complexity index is 678. The zero-order chi connectivity index (χ0) is 17.4. The molecule has 1 amide bonds. The highest BCUT2D eigenvalue weighted by Crippen LogP contribution is 2.27. The molecule has 0 unspecified atom stereocenters. The number of hydrogen-bond donors (Lipinski definition) is 2. The van der Waals surface area contributed by atoms with Crippen molar-refractivity contribution in [3.63, 3.8) is 0 Å². The zero-order valence-corrected chi connectivity index (χ0v) is 13.4. The van der Waals surface area contributed by atoms with Crippen molar-refractivity contribution >= 4 is 52.2 Å². The Morgan fingerprint density at radius 3 is 2.74 bits per heavy atom. The number of anilines is 1. The van der Waals surface area contributed by atoms with Crippen LogP contribution in [-0.4, -0.2) is 28.5 Å². The molecule has 0 spiro atoms. The lowest BCUT2D eigenvalue weighted by Crippen LogP contribution is -2.33. The lowest BCUT2D eigenvalue weighted by atomic mass is 10.3. The first-order chi connectivity index (χ1) is 10.8. The molecule has 0 saturated carbocycles. The van der Waals surface area contributed by atoms with Gasteiger partial charge in [-0.05, 0) is 31.3 Å². The van der Waals surface area contributed by atoms with E-state index in [0.29, 0.717) is 0 Å². The van der Waals surface area contributed by atoms with E-state index in [-0.39, 0.29) is 28.1 Å². The van der Waals surface area contributed by atoms with Crippen LogP contribution in [0.15, 0.2) is 30.4 Å². The Morgan fingerprint density at radius 2 is 2.13 bits per heavy atom. The van der Waals surface area contributed by atoms with E-state index in [0.717, 1.165) is 12.2 Å². The lowest BCUT2D eigenvalue weighted by molar-refractivity contribution is -0.384. The van der Waals surface area contributed by atoms with Gasteiger partial charge in [0.2, 0.25) is 5.91 Å². The van der Waals surface area contributed by atoms with Crippen LogP contribution in [0.25, 0.3) is 0 Å². The number of nitro groups is 1. The number of halogens is 1. The van der Waals surface area contributed by atoms with Crippen LogP contribution in [0.5, 0.6) is 0 Å². The van der Waals surface area contributed by atoms with Crippen LogP contribution in [-0.2, 0) is 14.3 Å². The molecule has 0 atom stereocenters. The molecule has 0 aliphatic carbocycles. The standard InChI is InChI=1S/C13H12ClN3O5S/c1-2-22-12(19)6-5-11(18)16-13(23)15-8-3-4-9(14)10(7-8)17(20)21/h3-7H,2H2,1H3,(H2,15,16,18,23). The number of nitrogens with zero attached hydrogens (tertiary/aromatic N) is 1. The SMILES string of the molecule is CCOC(=O)C=CC(=O)NC(=S)Nc1ccc(Cl)c([N+](=O)[O-])c1. The van der Waals surface area contributed by atoms with Gasteiger partial charge in [-0.3, -0.25) is 20.2 Å². The normalized spacial score (nSPS) is 10.2. The fraction of sp³-hybridized carbons (Fsp3) is 0.154. The third-order valence-corrected chi connectivity index (χ3v) is 2.82. The summed E-state index contributed by atoms with van der Waals surface area (Å²) in [5.41, 5.74) is -0.0197. The van der Waals surface area contributed by atoms with Crippen LogP contribution in [0, 0.1) is 10.1 Å². The number of nitro benzene ring substituents is 1. The van der Waals surface area contributed by atoms with Gasteiger partial charge in [-0.15, -0.1) is 0 Å². The summed E-state index contributed by atoms with van der Waals surface area (Å²) >= 11 is 10.6. The summed E-state index contributed by atoms with van der Waals surface area (Å²) in [6.07, 6.45) is 1.91. The summed E-state index contributed by atoms with van der Waals surface area (Å²) < 4.78 is 4.61. The van der Waals surface area contributed by atoms with Crippen LogP contribution in [0.1, 0.15) is 6.92 Å². The number of hydrogen-bond acceptors (Lipinski definition) is 6. The summed E-state index contributed by atoms with van der Waals surface area (Å²) in [5, 5.41) is 15.5. The van der Waals surface area contributed by atoms with Crippen molar-refractivity contribution in [1.82, 2.24) is 5.32 Å². The quantitative estimate of drug-likeness (QED) is 0.273. The van der Waals surface area contributed by atoms with Crippen LogP contribution in [0.4, 0.5) is 11.4 Å². The zero-order valence-electron chi connectivity index (χ0n) is 11.9. The number of rotatable bonds is 5. The third kappa shape index (κ3) is 6.41. The minimum atomic E-state index is -0.658. The second-order valence-electron chi connectivity index (χ2n) is 3.95. The van der Waals surface area contributed by atoms with Crippen molar-refractivity contribution in [2.24, 2.45) is 0 Å². The van der Waals surface area contributed by atoms with Crippen molar-refractivity contribution in [3.8, 4) is 0 Å². The number of thiocarbonyl (C=S) groups is 1. The molecule has 8 nitrogen and oxygen atoms in total. The number of nitrogens with one attached hydrogen (secondary N) is 2. The highest BCUT2D eigenvalue weighted by atomic mass is 35.5. The molecule has 2 N–H and O–H groups in total. The van der Waals surface area contributed by atoms with Gasteiger partial charge in [0.1, 0.15) is 5.02 Å². The molecule has 0 bridgehead atoms. The molecule has 23 heavy (non-hydrogen) atoms. The van der Waals surface area contributed by atoms with Crippen molar-refractivity contribution < 1.29 is 19.2 Å². The molecule has 0 radical (unpaired) electrons. The van der Waals surface area contributed by atoms with E-state index in [2.05, 4.69) is 15.4 Å². The van der Waals surface area contributed by atoms with Gasteiger partial charge in [0.25, 0.3) is 5.69 Å². The number of carbonyl (C=O) groups excluding carboxylic acids is 2. The Kier molecular flexibility index (Phi) is 7.10. The number of amides is 1. The average Bonchev–Trinajstić information content (AvgIpc) is 2.47. The fourth-order valence-corrected chi connectivity index (χ4v) is 1.79. The molecule has 1 rings (SSSR count). The lowest BCUT2D eigenvalue weighted by Gasteiger charge is -2.08. The molecule has 1 aromatic carbocycles. The number of esters is 1. The number of benzene rings is 1. The van der Waals surface area contributed by atoms with Crippen molar-refractivity contribution in [3.05, 3.63) is 45.5 Å². The number of carbonyl (C=O) groups is 2. The van der Waals surface area contributed by atoms with E-state index in [1.807, 2.05) is 0 Å². The van der Waals surface area contributed by atoms with Crippen LogP contribution in [0.3, 0.4) is 0 Å². The summed E-state index contributed by atoms with van der Waals surface area (Å²) in [5.74, 6) is -1.31. The summed E-state index contributed by atoms with van der Waals surface area (Å²) in [6, 6.07) is 3.96. The molecule has 0 aliphatic rings. The van der Waals surface area contributed by atoms with Crippen molar-refractivity contribution in [1.29, 1.82) is 0 Å². The topological polar surface area (TPSA) is 111 Å². The van der Waals surface area contributed by atoms with Gasteiger partial charge >= 0.3 is 5.97 Å². The first kappa shape index (κ1) is 18.5. The fourth-order valence-electron chi connectivity index (χ4n) is 1.38. The Balaban J connectivity index is 2.63. The van der Waals surface area contributed by atoms with E-state index in [9.17, 15) is 19.7 Å². The molecular weight excluding hydrogens is 346 g/mol. The van der Waals surface area contributed by atoms with Crippen molar-refractivity contribution in [2.75, 3.05) is 11.9 Å². The third-order valence-electron chi connectivity index (χ3n) is 2.29. The predicted molar refractivity (Wildman–Crippen MR) is 88.2 cm³/mol. The minimum absolute atomic E-state index is 0.0205. The van der Waals surface area contributed by atoms with Crippen molar-refractivity contribution in [2.45, 2.75) is 6.92 Å². The van der Waals surface area contributed by atoms with Gasteiger partial charge in [0.05, 0.1) is 11.5 Å². The molecule has 0 saturated heterocycles. The smallest absolute Gasteiger partial charge is 0.330 e. The highest BCUT2D eigenvalue weighted by molar-refractivity contribution is 7.80. The Morgan fingerprint density at radius 1 is 1.43 bits per heavy atom. The summed E-state index contributed by atoms with van der Waals surface area (Å²) in [7, 11) is 0. The summed E-state index contributed by atoms with van der Waals surface area (Å²) in [4.78, 5) is 32.7. The molecular formula is C13H12ClN3O5S. The molecule has 0 aliphatic heterocycles. The molecule has 1 aromatic rings. The van der Waals surface area contributed by atoms with Crippen LogP contribution >= 0.6 is 23.8 Å². The maximum Gasteiger partial charge on any atom is 0.330 e. The first-order valence-corrected chi connectivity index (χ1v) is 7.02. The monoisotopic (exact) mass is 357 g/mol. The van der Waals surface area contributed by atoms with Gasteiger partial charge < -0.3 is 10.1 Å². The Hall–Kier alpha value is -2.52. The van der Waals surface area contributed by atoms with Crippen LogP contribution in [0.2, 0.25) is 5.02 Å².